The summed E-state index contributed by atoms with van der Waals surface area (Å²) in [6.07, 6.45) is -12.9. The van der Waals surface area contributed by atoms with E-state index in [-0.39, 0.29) is 38.3 Å². The van der Waals surface area contributed by atoms with Gasteiger partial charge in [-0.05, 0) is 32.1 Å². The Labute approximate surface area is 267 Å². The molecule has 0 bridgehead atoms. The van der Waals surface area contributed by atoms with Crippen LogP contribution in [0.3, 0.4) is 0 Å². The molecule has 4 fully saturated rings. The molecule has 0 aromatic heterocycles. The summed E-state index contributed by atoms with van der Waals surface area (Å²) in [6, 6.07) is -3.10. The van der Waals surface area contributed by atoms with E-state index in [2.05, 4.69) is 5.32 Å². The van der Waals surface area contributed by atoms with E-state index >= 15 is 0 Å². The zero-order chi connectivity index (χ0) is 33.7. The van der Waals surface area contributed by atoms with Crippen LogP contribution in [-0.2, 0) is 33.2 Å². The predicted molar refractivity (Wildman–Crippen MR) is 158 cm³/mol. The molecular formula is C27H53N7O12. The zero-order valence-corrected chi connectivity index (χ0v) is 25.7. The zero-order valence-electron chi connectivity index (χ0n) is 25.7. The van der Waals surface area contributed by atoms with Gasteiger partial charge in [-0.25, -0.2) is 0 Å². The van der Waals surface area contributed by atoms with Crippen LogP contribution in [0.2, 0.25) is 0 Å². The summed E-state index contributed by atoms with van der Waals surface area (Å²) < 4.78 is 35.9. The van der Waals surface area contributed by atoms with Gasteiger partial charge in [0.15, 0.2) is 25.0 Å². The van der Waals surface area contributed by atoms with Crippen molar-refractivity contribution in [1.29, 1.82) is 0 Å². The molecule has 1 amide bonds. The van der Waals surface area contributed by atoms with Crippen molar-refractivity contribution in [2.24, 2.45) is 34.4 Å². The van der Waals surface area contributed by atoms with Crippen molar-refractivity contribution in [3.63, 3.8) is 0 Å². The molecule has 4 aliphatic rings. The van der Waals surface area contributed by atoms with Crippen molar-refractivity contribution in [2.75, 3.05) is 26.2 Å². The number of hydrogen-bond donors (Lipinski definition) is 12. The van der Waals surface area contributed by atoms with Gasteiger partial charge in [0.25, 0.3) is 5.91 Å². The standard InChI is InChI=1S/C27H53N7O12/c28-6-10-1-3-12(31)25(41-10)44-21-14(33)5-15(34-24(40)19(38)16(36)8-30)18(37)23(21)46-27-20(39)22(17(9-35)43-27)45-26-13(32)4-2-11(7-29)42-26/h10-23,25-27,35-39H,1-9,28-33H2,(H,34,40)/t10-,11+,12+,13+,14-,15+,16+,17+,18-,19+,20+,21+,22+,23+,25+,26+,27-/m0/s1. The van der Waals surface area contributed by atoms with Crippen molar-refractivity contribution in [2.45, 2.75) is 136 Å². The lowest BCUT2D eigenvalue weighted by Crippen LogP contribution is -2.67. The minimum absolute atomic E-state index is 0.0521. The Balaban J connectivity index is 1.54. The maximum absolute atomic E-state index is 12.7. The Bertz CT molecular complexity index is 963. The Morgan fingerprint density at radius 2 is 1.30 bits per heavy atom. The maximum atomic E-state index is 12.7. The molecule has 19 nitrogen and oxygen atoms in total. The summed E-state index contributed by atoms with van der Waals surface area (Å²) in [6.45, 7) is -0.484. The van der Waals surface area contributed by atoms with Crippen molar-refractivity contribution >= 4 is 5.91 Å². The number of nitrogens with two attached hydrogens (primary N) is 6. The minimum Gasteiger partial charge on any atom is -0.394 e. The highest BCUT2D eigenvalue weighted by Gasteiger charge is 2.53. The topological polar surface area (TPSA) is 342 Å². The first kappa shape index (κ1) is 37.6. The summed E-state index contributed by atoms with van der Waals surface area (Å²) in [5.41, 5.74) is 35.9. The molecule has 18 N–H and O–H groups in total. The minimum atomic E-state index is -1.88. The number of nitrogens with one attached hydrogen (secondary N) is 1. The summed E-state index contributed by atoms with van der Waals surface area (Å²) in [4.78, 5) is 12.7. The highest BCUT2D eigenvalue weighted by Crippen LogP contribution is 2.34. The fourth-order valence-corrected chi connectivity index (χ4v) is 6.24. The van der Waals surface area contributed by atoms with Crippen molar-refractivity contribution in [1.82, 2.24) is 5.32 Å². The number of hydrogen-bond acceptors (Lipinski definition) is 18. The van der Waals surface area contributed by atoms with E-state index in [0.29, 0.717) is 25.7 Å². The quantitative estimate of drug-likeness (QED) is 0.0867. The third-order valence-corrected chi connectivity index (χ3v) is 9.09. The summed E-state index contributed by atoms with van der Waals surface area (Å²) in [5.74, 6) is -0.999. The van der Waals surface area contributed by atoms with E-state index in [4.69, 9.17) is 62.8 Å². The Kier molecular flexibility index (Phi) is 13.9. The van der Waals surface area contributed by atoms with Crippen LogP contribution in [0.4, 0.5) is 0 Å². The van der Waals surface area contributed by atoms with E-state index in [1.54, 1.807) is 0 Å². The average molecular weight is 668 g/mol. The first-order valence-corrected chi connectivity index (χ1v) is 15.8. The molecule has 1 saturated carbocycles. The lowest BCUT2D eigenvalue weighted by Gasteiger charge is -2.46. The van der Waals surface area contributed by atoms with Crippen LogP contribution in [0.1, 0.15) is 32.1 Å². The summed E-state index contributed by atoms with van der Waals surface area (Å²) in [7, 11) is 0. The van der Waals surface area contributed by atoms with Crippen LogP contribution in [-0.4, -0.2) is 162 Å². The first-order chi connectivity index (χ1) is 21.9. The SMILES string of the molecule is NC[C@@H]1CC[C@@H](N)[C@@H](O[C@H]2[C@H](O[C@@H]3O[C@H](CO)[C@@H](O[C@H]4O[C@@H](CN)CC[C@H]4N)[C@H]3O)[C@@H](O)[C@H](NC(=O)[C@H](O)[C@H](O)CN)C[C@@H]2N)O1. The summed E-state index contributed by atoms with van der Waals surface area (Å²) in [5, 5.41) is 55.4. The Morgan fingerprint density at radius 3 is 1.83 bits per heavy atom. The second-order valence-corrected chi connectivity index (χ2v) is 12.5. The second kappa shape index (κ2) is 16.9. The monoisotopic (exact) mass is 667 g/mol. The average Bonchev–Trinajstić information content (AvgIpc) is 3.35. The van der Waals surface area contributed by atoms with Crippen LogP contribution in [0.15, 0.2) is 0 Å². The molecule has 4 rings (SSSR count). The van der Waals surface area contributed by atoms with Gasteiger partial charge in [-0.15, -0.1) is 0 Å². The number of amides is 1. The number of aliphatic hydroxyl groups is 5. The van der Waals surface area contributed by atoms with E-state index in [1.165, 1.54) is 0 Å². The van der Waals surface area contributed by atoms with Crippen molar-refractivity contribution in [3.8, 4) is 0 Å². The normalized spacial score (nSPS) is 44.9. The molecule has 3 heterocycles. The van der Waals surface area contributed by atoms with Gasteiger partial charge >= 0.3 is 0 Å². The molecule has 0 aromatic rings. The molecule has 1 aliphatic carbocycles. The van der Waals surface area contributed by atoms with Crippen molar-refractivity contribution in [3.05, 3.63) is 0 Å². The second-order valence-electron chi connectivity index (χ2n) is 12.5. The number of carbonyl (C=O) groups excluding carboxylic acids is 1. The van der Waals surface area contributed by atoms with Gasteiger partial charge in [0.1, 0.15) is 42.7 Å². The third-order valence-electron chi connectivity index (χ3n) is 9.09. The van der Waals surface area contributed by atoms with Crippen LogP contribution in [0, 0.1) is 0 Å². The highest BCUT2D eigenvalue weighted by molar-refractivity contribution is 5.81. The Morgan fingerprint density at radius 1 is 0.761 bits per heavy atom. The molecule has 0 spiro atoms. The van der Waals surface area contributed by atoms with Gasteiger partial charge in [0.2, 0.25) is 0 Å². The largest absolute Gasteiger partial charge is 0.394 e. The van der Waals surface area contributed by atoms with Crippen LogP contribution in [0.25, 0.3) is 0 Å². The van der Waals surface area contributed by atoms with Crippen LogP contribution < -0.4 is 39.7 Å². The van der Waals surface area contributed by atoms with E-state index in [1.807, 2.05) is 0 Å². The fraction of sp³-hybridized carbons (Fsp3) is 0.963. The number of rotatable bonds is 13. The summed E-state index contributed by atoms with van der Waals surface area (Å²) >= 11 is 0. The number of aliphatic hydroxyl groups excluding tert-OH is 5. The number of carbonyl (C=O) groups is 1. The van der Waals surface area contributed by atoms with Gasteiger partial charge in [-0.3, -0.25) is 4.79 Å². The molecule has 0 radical (unpaired) electrons. The van der Waals surface area contributed by atoms with E-state index in [0.717, 1.165) is 0 Å². The molecule has 17 atom stereocenters. The lowest BCUT2D eigenvalue weighted by molar-refractivity contribution is -0.288. The molecule has 3 saturated heterocycles. The van der Waals surface area contributed by atoms with Gasteiger partial charge < -0.3 is 93.7 Å². The number of ether oxygens (including phenoxy) is 6. The van der Waals surface area contributed by atoms with Gasteiger partial charge in [-0.1, -0.05) is 0 Å². The molecule has 0 aromatic carbocycles. The smallest absolute Gasteiger partial charge is 0.251 e. The molecule has 3 aliphatic heterocycles. The van der Waals surface area contributed by atoms with E-state index < -0.39 is 104 Å². The molecule has 19 heteroatoms. The fourth-order valence-electron chi connectivity index (χ4n) is 6.24. The molecular weight excluding hydrogens is 614 g/mol. The lowest BCUT2D eigenvalue weighted by atomic mass is 9.83. The maximum Gasteiger partial charge on any atom is 0.251 e. The molecule has 268 valence electrons. The molecule has 46 heavy (non-hydrogen) atoms. The van der Waals surface area contributed by atoms with Gasteiger partial charge in [0.05, 0.1) is 36.9 Å². The molecule has 0 unspecified atom stereocenters. The Hall–Kier alpha value is -1.21. The van der Waals surface area contributed by atoms with Gasteiger partial charge in [-0.2, -0.15) is 0 Å². The highest BCUT2D eigenvalue weighted by atomic mass is 16.8. The van der Waals surface area contributed by atoms with Crippen LogP contribution >= 0.6 is 0 Å². The predicted octanol–water partition coefficient (Wildman–Crippen LogP) is -6.94. The van der Waals surface area contributed by atoms with Crippen LogP contribution in [0.5, 0.6) is 0 Å². The first-order valence-electron chi connectivity index (χ1n) is 15.8. The van der Waals surface area contributed by atoms with E-state index in [9.17, 15) is 30.3 Å². The third kappa shape index (κ3) is 8.68. The van der Waals surface area contributed by atoms with Gasteiger partial charge in [0, 0.05) is 25.7 Å². The van der Waals surface area contributed by atoms with Crippen molar-refractivity contribution < 1.29 is 58.7 Å².